The Morgan fingerprint density at radius 1 is 1.17 bits per heavy atom. The molecule has 1 heterocycles. The van der Waals surface area contributed by atoms with E-state index in [1.54, 1.807) is 24.3 Å². The molecule has 0 spiro atoms. The molecule has 122 valence electrons. The van der Waals surface area contributed by atoms with Crippen molar-refractivity contribution in [2.24, 2.45) is 5.92 Å². The average molecular weight is 317 g/mol. The second kappa shape index (κ2) is 6.04. The number of carbonyl (C=O) groups is 4. The van der Waals surface area contributed by atoms with Gasteiger partial charge < -0.3 is 9.53 Å². The summed E-state index contributed by atoms with van der Waals surface area (Å²) in [5.41, 5.74) is -1.12. The number of nitrogens with zero attached hydrogens (tertiary/aromatic N) is 1. The molecule has 1 aromatic rings. The van der Waals surface area contributed by atoms with Gasteiger partial charge in [-0.25, -0.2) is 0 Å². The van der Waals surface area contributed by atoms with Crippen LogP contribution in [0.2, 0.25) is 0 Å². The van der Waals surface area contributed by atoms with Crippen LogP contribution in [-0.2, 0) is 19.1 Å². The minimum Gasteiger partial charge on any atom is -0.351 e. The van der Waals surface area contributed by atoms with Gasteiger partial charge in [-0.15, -0.1) is 0 Å². The number of ketones is 3. The summed E-state index contributed by atoms with van der Waals surface area (Å²) in [6.07, 6.45) is -0.174. The lowest BCUT2D eigenvalue weighted by molar-refractivity contribution is -0.137. The fraction of sp³-hybridized carbons (Fsp3) is 0.412. The van der Waals surface area contributed by atoms with Gasteiger partial charge in [-0.2, -0.15) is 0 Å². The third-order valence-electron chi connectivity index (χ3n) is 4.13. The SMILES string of the molecule is COC1(C(CC(C)=O)C(C)=O)C(=O)c2ccccc2N1C(C)=O. The first-order valence-corrected chi connectivity index (χ1v) is 7.27. The molecule has 0 aliphatic carbocycles. The molecule has 0 bridgehead atoms. The Kier molecular flexibility index (Phi) is 4.47. The number of fused-ring (bicyclic) bond motifs is 1. The van der Waals surface area contributed by atoms with Crippen LogP contribution >= 0.6 is 0 Å². The Morgan fingerprint density at radius 3 is 2.26 bits per heavy atom. The predicted octanol–water partition coefficient (Wildman–Crippen LogP) is 1.76. The monoisotopic (exact) mass is 317 g/mol. The standard InChI is InChI=1S/C17H19NO5/c1-10(19)9-14(11(2)20)17(23-4)16(22)13-7-5-6-8-15(13)18(17)12(3)21/h5-8,14H,9H2,1-4H3. The molecule has 1 aliphatic rings. The zero-order chi connectivity index (χ0) is 17.4. The van der Waals surface area contributed by atoms with E-state index in [1.807, 2.05) is 0 Å². The summed E-state index contributed by atoms with van der Waals surface area (Å²) in [6.45, 7) is 3.93. The molecule has 6 nitrogen and oxygen atoms in total. The molecule has 0 radical (unpaired) electrons. The van der Waals surface area contributed by atoms with Crippen LogP contribution in [0, 0.1) is 5.92 Å². The lowest BCUT2D eigenvalue weighted by Crippen LogP contribution is -2.61. The highest BCUT2D eigenvalue weighted by Gasteiger charge is 2.60. The summed E-state index contributed by atoms with van der Waals surface area (Å²) in [5, 5.41) is 0. The summed E-state index contributed by atoms with van der Waals surface area (Å²) in [6, 6.07) is 6.58. The fourth-order valence-electron chi connectivity index (χ4n) is 3.22. The quantitative estimate of drug-likeness (QED) is 0.826. The summed E-state index contributed by atoms with van der Waals surface area (Å²) < 4.78 is 5.47. The zero-order valence-electron chi connectivity index (χ0n) is 13.6. The van der Waals surface area contributed by atoms with E-state index >= 15 is 0 Å². The molecule has 0 aromatic heterocycles. The van der Waals surface area contributed by atoms with Crippen LogP contribution in [0.15, 0.2) is 24.3 Å². The fourth-order valence-corrected chi connectivity index (χ4v) is 3.22. The van der Waals surface area contributed by atoms with Crippen LogP contribution < -0.4 is 4.90 Å². The highest BCUT2D eigenvalue weighted by Crippen LogP contribution is 2.44. The first kappa shape index (κ1) is 17.0. The van der Waals surface area contributed by atoms with Gasteiger partial charge in [-0.1, -0.05) is 12.1 Å². The Labute approximate surface area is 134 Å². The number of methoxy groups -OCH3 is 1. The normalized spacial score (nSPS) is 21.0. The van der Waals surface area contributed by atoms with Gasteiger partial charge in [-0.3, -0.25) is 19.3 Å². The molecule has 2 rings (SSSR count). The van der Waals surface area contributed by atoms with Crippen LogP contribution in [0.5, 0.6) is 0 Å². The van der Waals surface area contributed by atoms with Gasteiger partial charge in [0.2, 0.25) is 17.4 Å². The Bertz CT molecular complexity index is 696. The molecule has 6 heteroatoms. The average Bonchev–Trinajstić information content (AvgIpc) is 2.74. The van der Waals surface area contributed by atoms with Gasteiger partial charge in [0.15, 0.2) is 0 Å². The highest BCUT2D eigenvalue weighted by atomic mass is 16.5. The first-order chi connectivity index (χ1) is 10.8. The Balaban J connectivity index is 2.72. The number of hydrogen-bond donors (Lipinski definition) is 0. The molecular weight excluding hydrogens is 298 g/mol. The third kappa shape index (κ3) is 2.49. The molecule has 2 atom stereocenters. The second-order valence-electron chi connectivity index (χ2n) is 5.67. The number of hydrogen-bond acceptors (Lipinski definition) is 5. The van der Waals surface area contributed by atoms with Gasteiger partial charge >= 0.3 is 0 Å². The largest absolute Gasteiger partial charge is 0.351 e. The van der Waals surface area contributed by atoms with Gasteiger partial charge in [0.25, 0.3) is 0 Å². The molecule has 23 heavy (non-hydrogen) atoms. The van der Waals surface area contributed by atoms with Crippen molar-refractivity contribution in [1.29, 1.82) is 0 Å². The van der Waals surface area contributed by atoms with E-state index < -0.39 is 23.3 Å². The molecular formula is C17H19NO5. The Morgan fingerprint density at radius 2 is 1.78 bits per heavy atom. The van der Waals surface area contributed by atoms with Crippen LogP contribution in [0.25, 0.3) is 0 Å². The van der Waals surface area contributed by atoms with Crippen molar-refractivity contribution in [3.05, 3.63) is 29.8 Å². The van der Waals surface area contributed by atoms with Gasteiger partial charge in [0.05, 0.1) is 11.6 Å². The van der Waals surface area contributed by atoms with Crippen LogP contribution in [0.1, 0.15) is 37.6 Å². The van der Waals surface area contributed by atoms with E-state index in [0.717, 1.165) is 0 Å². The van der Waals surface area contributed by atoms with Crippen molar-refractivity contribution in [2.45, 2.75) is 32.9 Å². The third-order valence-corrected chi connectivity index (χ3v) is 4.13. The number of amides is 1. The minimum absolute atomic E-state index is 0.174. The van der Waals surface area contributed by atoms with E-state index in [0.29, 0.717) is 11.3 Å². The predicted molar refractivity (Wildman–Crippen MR) is 83.1 cm³/mol. The maximum absolute atomic E-state index is 13.0. The van der Waals surface area contributed by atoms with Gasteiger partial charge in [0, 0.05) is 26.0 Å². The number of ether oxygens (including phenoxy) is 1. The summed E-state index contributed by atoms with van der Waals surface area (Å²) >= 11 is 0. The lowest BCUT2D eigenvalue weighted by Gasteiger charge is -2.40. The van der Waals surface area contributed by atoms with E-state index in [9.17, 15) is 19.2 Å². The number of para-hydroxylation sites is 1. The number of Topliss-reactive ketones (excluding diaryl/α,β-unsaturated/α-hetero) is 3. The van der Waals surface area contributed by atoms with Crippen molar-refractivity contribution >= 4 is 28.9 Å². The molecule has 1 aromatic carbocycles. The van der Waals surface area contributed by atoms with Crippen molar-refractivity contribution < 1.29 is 23.9 Å². The summed E-state index contributed by atoms with van der Waals surface area (Å²) in [5.74, 6) is -2.61. The van der Waals surface area contributed by atoms with E-state index in [4.69, 9.17) is 4.74 Å². The van der Waals surface area contributed by atoms with Gasteiger partial charge in [0.1, 0.15) is 11.6 Å². The number of rotatable bonds is 5. The minimum atomic E-state index is -1.81. The van der Waals surface area contributed by atoms with Crippen LogP contribution in [0.4, 0.5) is 5.69 Å². The lowest BCUT2D eigenvalue weighted by atomic mass is 9.83. The van der Waals surface area contributed by atoms with E-state index in [2.05, 4.69) is 0 Å². The van der Waals surface area contributed by atoms with Crippen molar-refractivity contribution in [3.8, 4) is 0 Å². The maximum atomic E-state index is 13.0. The number of carbonyl (C=O) groups excluding carboxylic acids is 4. The highest BCUT2D eigenvalue weighted by molar-refractivity contribution is 6.21. The topological polar surface area (TPSA) is 80.8 Å². The Hall–Kier alpha value is -2.34. The molecule has 1 amide bonds. The second-order valence-corrected chi connectivity index (χ2v) is 5.67. The smallest absolute Gasteiger partial charge is 0.226 e. The zero-order valence-corrected chi connectivity index (χ0v) is 13.6. The van der Waals surface area contributed by atoms with E-state index in [-0.39, 0.29) is 18.0 Å². The van der Waals surface area contributed by atoms with Crippen LogP contribution in [-0.4, -0.2) is 36.1 Å². The van der Waals surface area contributed by atoms with Crippen molar-refractivity contribution in [3.63, 3.8) is 0 Å². The van der Waals surface area contributed by atoms with Crippen LogP contribution in [0.3, 0.4) is 0 Å². The summed E-state index contributed by atoms with van der Waals surface area (Å²) in [7, 11) is 1.27. The molecule has 0 saturated heterocycles. The van der Waals surface area contributed by atoms with Gasteiger partial charge in [-0.05, 0) is 26.0 Å². The number of benzene rings is 1. The summed E-state index contributed by atoms with van der Waals surface area (Å²) in [4.78, 5) is 50.2. The molecule has 0 saturated carbocycles. The van der Waals surface area contributed by atoms with Crippen molar-refractivity contribution in [2.75, 3.05) is 12.0 Å². The molecule has 0 N–H and O–H groups in total. The first-order valence-electron chi connectivity index (χ1n) is 7.27. The van der Waals surface area contributed by atoms with Crippen molar-refractivity contribution in [1.82, 2.24) is 0 Å². The molecule has 1 aliphatic heterocycles. The number of anilines is 1. The maximum Gasteiger partial charge on any atom is 0.226 e. The van der Waals surface area contributed by atoms with E-state index in [1.165, 1.54) is 32.8 Å². The molecule has 2 unspecified atom stereocenters. The molecule has 0 fully saturated rings.